The molecule has 0 fully saturated rings. The minimum absolute atomic E-state index is 0.0995. The van der Waals surface area contributed by atoms with Crippen molar-refractivity contribution in [1.29, 1.82) is 0 Å². The zero-order chi connectivity index (χ0) is 12.0. The summed E-state index contributed by atoms with van der Waals surface area (Å²) in [6, 6.07) is 4.61. The number of rotatable bonds is 6. The Labute approximate surface area is 92.4 Å². The molecule has 1 aromatic rings. The van der Waals surface area contributed by atoms with Crippen molar-refractivity contribution in [3.8, 4) is 5.75 Å². The van der Waals surface area contributed by atoms with Gasteiger partial charge in [-0.25, -0.2) is 4.39 Å². The van der Waals surface area contributed by atoms with E-state index in [2.05, 4.69) is 5.32 Å². The first kappa shape index (κ1) is 12.4. The van der Waals surface area contributed by atoms with Crippen LogP contribution in [0.4, 0.5) is 10.1 Å². The molecule has 88 valence electrons. The Morgan fingerprint density at radius 2 is 2.31 bits per heavy atom. The average Bonchev–Trinajstić information content (AvgIpc) is 2.27. The summed E-state index contributed by atoms with van der Waals surface area (Å²) in [7, 11) is 1.75. The van der Waals surface area contributed by atoms with Crippen molar-refractivity contribution in [3.63, 3.8) is 0 Å². The van der Waals surface area contributed by atoms with Crippen molar-refractivity contribution in [1.82, 2.24) is 5.32 Å². The van der Waals surface area contributed by atoms with E-state index in [9.17, 15) is 14.5 Å². The number of halogens is 1. The molecule has 0 amide bonds. The van der Waals surface area contributed by atoms with Gasteiger partial charge in [0.1, 0.15) is 13.3 Å². The first-order chi connectivity index (χ1) is 7.69. The Morgan fingerprint density at radius 1 is 1.56 bits per heavy atom. The number of hydrogen-bond acceptors (Lipinski definition) is 4. The number of nitrogens with zero attached hydrogens (tertiary/aromatic N) is 1. The molecule has 0 atom stereocenters. The van der Waals surface area contributed by atoms with Crippen LogP contribution in [0.15, 0.2) is 18.2 Å². The summed E-state index contributed by atoms with van der Waals surface area (Å²) in [6.45, 7) is -0.314. The first-order valence-corrected chi connectivity index (χ1v) is 4.79. The van der Waals surface area contributed by atoms with E-state index in [1.165, 1.54) is 12.1 Å². The summed E-state index contributed by atoms with van der Waals surface area (Å²) >= 11 is 0. The predicted molar refractivity (Wildman–Crippen MR) is 57.3 cm³/mol. The molecule has 1 aromatic carbocycles. The standard InChI is InChI=1S/C10H13FN2O3/c1-12-7-8-2-3-10(16-5-4-11)9(6-8)13(14)15/h2-3,6,12H,4-5,7H2,1H3. The highest BCUT2D eigenvalue weighted by molar-refractivity contribution is 5.48. The normalized spacial score (nSPS) is 10.1. The Kier molecular flexibility index (Phi) is 4.65. The van der Waals surface area contributed by atoms with Crippen molar-refractivity contribution < 1.29 is 14.1 Å². The average molecular weight is 228 g/mol. The number of nitrogens with one attached hydrogen (secondary N) is 1. The van der Waals surface area contributed by atoms with Gasteiger partial charge in [-0.05, 0) is 18.7 Å². The zero-order valence-electron chi connectivity index (χ0n) is 8.90. The Balaban J connectivity index is 2.94. The molecule has 0 saturated carbocycles. The topological polar surface area (TPSA) is 64.4 Å². The van der Waals surface area contributed by atoms with Crippen LogP contribution in [0, 0.1) is 10.1 Å². The maximum atomic E-state index is 11.9. The first-order valence-electron chi connectivity index (χ1n) is 4.79. The van der Waals surface area contributed by atoms with Gasteiger partial charge in [-0.1, -0.05) is 6.07 Å². The second-order valence-corrected chi connectivity index (χ2v) is 3.13. The fraction of sp³-hybridized carbons (Fsp3) is 0.400. The van der Waals surface area contributed by atoms with Gasteiger partial charge in [-0.3, -0.25) is 10.1 Å². The molecule has 1 rings (SSSR count). The zero-order valence-corrected chi connectivity index (χ0v) is 8.90. The van der Waals surface area contributed by atoms with Gasteiger partial charge in [0, 0.05) is 12.6 Å². The van der Waals surface area contributed by atoms with E-state index >= 15 is 0 Å². The van der Waals surface area contributed by atoms with Gasteiger partial charge in [0.05, 0.1) is 4.92 Å². The maximum Gasteiger partial charge on any atom is 0.311 e. The number of ether oxygens (including phenoxy) is 1. The van der Waals surface area contributed by atoms with Gasteiger partial charge in [0.15, 0.2) is 5.75 Å². The van der Waals surface area contributed by atoms with Crippen LogP contribution in [0.3, 0.4) is 0 Å². The number of nitro benzene ring substituents is 1. The third kappa shape index (κ3) is 3.16. The highest BCUT2D eigenvalue weighted by Crippen LogP contribution is 2.27. The van der Waals surface area contributed by atoms with Crippen molar-refractivity contribution in [2.45, 2.75) is 6.54 Å². The fourth-order valence-corrected chi connectivity index (χ4v) is 1.29. The van der Waals surface area contributed by atoms with Crippen LogP contribution >= 0.6 is 0 Å². The van der Waals surface area contributed by atoms with Gasteiger partial charge >= 0.3 is 5.69 Å². The van der Waals surface area contributed by atoms with Crippen molar-refractivity contribution in [2.75, 3.05) is 20.3 Å². The summed E-state index contributed by atoms with van der Waals surface area (Å²) in [5, 5.41) is 13.6. The van der Waals surface area contributed by atoms with Crippen LogP contribution in [0.5, 0.6) is 5.75 Å². The monoisotopic (exact) mass is 228 g/mol. The maximum absolute atomic E-state index is 11.9. The minimum Gasteiger partial charge on any atom is -0.484 e. The molecule has 0 spiro atoms. The summed E-state index contributed by atoms with van der Waals surface area (Å²) in [5.41, 5.74) is 0.642. The molecule has 1 N–H and O–H groups in total. The molecular weight excluding hydrogens is 215 g/mol. The smallest absolute Gasteiger partial charge is 0.311 e. The third-order valence-electron chi connectivity index (χ3n) is 1.94. The Hall–Kier alpha value is -1.69. The van der Waals surface area contributed by atoms with Crippen LogP contribution in [0.25, 0.3) is 0 Å². The number of nitro groups is 1. The molecule has 0 radical (unpaired) electrons. The molecule has 0 unspecified atom stereocenters. The van der Waals surface area contributed by atoms with Crippen LogP contribution in [0.1, 0.15) is 5.56 Å². The SMILES string of the molecule is CNCc1ccc(OCCF)c([N+](=O)[O-])c1. The molecule has 0 saturated heterocycles. The molecule has 6 heteroatoms. The molecule has 0 aromatic heterocycles. The summed E-state index contributed by atoms with van der Waals surface area (Å²) < 4.78 is 16.9. The van der Waals surface area contributed by atoms with E-state index in [-0.39, 0.29) is 18.0 Å². The van der Waals surface area contributed by atoms with Crippen molar-refractivity contribution in [3.05, 3.63) is 33.9 Å². The highest BCUT2D eigenvalue weighted by atomic mass is 19.1. The van der Waals surface area contributed by atoms with E-state index in [0.29, 0.717) is 6.54 Å². The number of hydrogen-bond donors (Lipinski definition) is 1. The number of benzene rings is 1. The van der Waals surface area contributed by atoms with Crippen molar-refractivity contribution >= 4 is 5.69 Å². The molecule has 0 aliphatic carbocycles. The summed E-state index contributed by atoms with van der Waals surface area (Å²) in [4.78, 5) is 10.2. The Morgan fingerprint density at radius 3 is 2.88 bits per heavy atom. The molecule has 0 heterocycles. The lowest BCUT2D eigenvalue weighted by Crippen LogP contribution is -2.06. The summed E-state index contributed by atoms with van der Waals surface area (Å²) in [6.07, 6.45) is 0. The molecule has 0 bridgehead atoms. The summed E-state index contributed by atoms with van der Waals surface area (Å²) in [5.74, 6) is 0.0995. The predicted octanol–water partition coefficient (Wildman–Crippen LogP) is 1.66. The van der Waals surface area contributed by atoms with Crippen LogP contribution in [-0.4, -0.2) is 25.3 Å². The fourth-order valence-electron chi connectivity index (χ4n) is 1.29. The Bertz CT molecular complexity index is 371. The highest BCUT2D eigenvalue weighted by Gasteiger charge is 2.15. The molecule has 0 aliphatic rings. The quantitative estimate of drug-likeness (QED) is 0.594. The second-order valence-electron chi connectivity index (χ2n) is 3.13. The van der Waals surface area contributed by atoms with Crippen LogP contribution < -0.4 is 10.1 Å². The van der Waals surface area contributed by atoms with E-state index in [1.54, 1.807) is 13.1 Å². The van der Waals surface area contributed by atoms with Gasteiger partial charge < -0.3 is 10.1 Å². The van der Waals surface area contributed by atoms with E-state index < -0.39 is 11.6 Å². The van der Waals surface area contributed by atoms with E-state index in [0.717, 1.165) is 5.56 Å². The third-order valence-corrected chi connectivity index (χ3v) is 1.94. The number of alkyl halides is 1. The largest absolute Gasteiger partial charge is 0.484 e. The molecule has 5 nitrogen and oxygen atoms in total. The van der Waals surface area contributed by atoms with Crippen molar-refractivity contribution in [2.24, 2.45) is 0 Å². The van der Waals surface area contributed by atoms with Gasteiger partial charge in [-0.15, -0.1) is 0 Å². The van der Waals surface area contributed by atoms with Gasteiger partial charge in [0.2, 0.25) is 0 Å². The van der Waals surface area contributed by atoms with E-state index in [1.807, 2.05) is 0 Å². The van der Waals surface area contributed by atoms with E-state index in [4.69, 9.17) is 4.74 Å². The molecule has 16 heavy (non-hydrogen) atoms. The molecule has 0 aliphatic heterocycles. The lowest BCUT2D eigenvalue weighted by atomic mass is 10.2. The minimum atomic E-state index is -0.671. The lowest BCUT2D eigenvalue weighted by Gasteiger charge is -2.06. The van der Waals surface area contributed by atoms with Crippen LogP contribution in [0.2, 0.25) is 0 Å². The molecular formula is C10H13FN2O3. The van der Waals surface area contributed by atoms with Gasteiger partial charge in [-0.2, -0.15) is 0 Å². The van der Waals surface area contributed by atoms with Crippen LogP contribution in [-0.2, 0) is 6.54 Å². The lowest BCUT2D eigenvalue weighted by molar-refractivity contribution is -0.385. The second kappa shape index (κ2) is 6.02. The van der Waals surface area contributed by atoms with Gasteiger partial charge in [0.25, 0.3) is 0 Å².